The van der Waals surface area contributed by atoms with Gasteiger partial charge in [0.15, 0.2) is 0 Å². The van der Waals surface area contributed by atoms with Gasteiger partial charge < -0.3 is 10.1 Å². The smallest absolute Gasteiger partial charge is 0.222 e. The van der Waals surface area contributed by atoms with Gasteiger partial charge >= 0.3 is 0 Å². The molecule has 2 aromatic heterocycles. The van der Waals surface area contributed by atoms with Crippen molar-refractivity contribution in [3.8, 4) is 5.75 Å². The SMILES string of the molecule is CCOc1ccc(CN2CCn3nc(CNc4ncccn4)cc3C2)cc1. The highest BCUT2D eigenvalue weighted by atomic mass is 16.5. The number of aromatic nitrogens is 4. The second-order valence-electron chi connectivity index (χ2n) is 6.56. The van der Waals surface area contributed by atoms with Crippen molar-refractivity contribution in [1.29, 1.82) is 0 Å². The molecule has 27 heavy (non-hydrogen) atoms. The molecule has 0 saturated carbocycles. The van der Waals surface area contributed by atoms with Crippen LogP contribution in [0.5, 0.6) is 5.75 Å². The summed E-state index contributed by atoms with van der Waals surface area (Å²) in [6.45, 7) is 7.07. The van der Waals surface area contributed by atoms with Crippen LogP contribution in [-0.2, 0) is 26.2 Å². The maximum absolute atomic E-state index is 5.51. The van der Waals surface area contributed by atoms with E-state index in [-0.39, 0.29) is 0 Å². The topological polar surface area (TPSA) is 68.1 Å². The van der Waals surface area contributed by atoms with Crippen LogP contribution in [0.2, 0.25) is 0 Å². The Morgan fingerprint density at radius 3 is 2.70 bits per heavy atom. The van der Waals surface area contributed by atoms with Gasteiger partial charge in [-0.3, -0.25) is 9.58 Å². The average molecular weight is 364 g/mol. The van der Waals surface area contributed by atoms with Gasteiger partial charge in [0.25, 0.3) is 0 Å². The Labute approximate surface area is 159 Å². The third kappa shape index (κ3) is 4.43. The summed E-state index contributed by atoms with van der Waals surface area (Å²) in [6, 6.07) is 12.4. The summed E-state index contributed by atoms with van der Waals surface area (Å²) < 4.78 is 7.62. The molecule has 0 bridgehead atoms. The molecule has 0 saturated heterocycles. The van der Waals surface area contributed by atoms with Crippen molar-refractivity contribution in [2.45, 2.75) is 33.1 Å². The second kappa shape index (κ2) is 8.18. The molecular formula is C20H24N6O. The highest BCUT2D eigenvalue weighted by molar-refractivity contribution is 5.28. The van der Waals surface area contributed by atoms with Crippen molar-refractivity contribution in [3.05, 3.63) is 65.7 Å². The summed E-state index contributed by atoms with van der Waals surface area (Å²) >= 11 is 0. The number of ether oxygens (including phenoxy) is 1. The molecule has 3 aromatic rings. The van der Waals surface area contributed by atoms with Crippen LogP contribution in [0.4, 0.5) is 5.95 Å². The number of nitrogens with one attached hydrogen (secondary N) is 1. The lowest BCUT2D eigenvalue weighted by Gasteiger charge is -2.27. The zero-order valence-electron chi connectivity index (χ0n) is 15.5. The predicted molar refractivity (Wildman–Crippen MR) is 103 cm³/mol. The van der Waals surface area contributed by atoms with Crippen molar-refractivity contribution in [2.75, 3.05) is 18.5 Å². The molecule has 0 fully saturated rings. The molecule has 0 atom stereocenters. The lowest BCUT2D eigenvalue weighted by molar-refractivity contribution is 0.205. The van der Waals surface area contributed by atoms with Crippen LogP contribution in [0.3, 0.4) is 0 Å². The van der Waals surface area contributed by atoms with Crippen LogP contribution in [0.15, 0.2) is 48.8 Å². The molecule has 0 amide bonds. The number of nitrogens with zero attached hydrogens (tertiary/aromatic N) is 5. The molecule has 0 aliphatic carbocycles. The van der Waals surface area contributed by atoms with Gasteiger partial charge in [-0.25, -0.2) is 9.97 Å². The van der Waals surface area contributed by atoms with Gasteiger partial charge in [0.05, 0.1) is 31.1 Å². The van der Waals surface area contributed by atoms with E-state index >= 15 is 0 Å². The van der Waals surface area contributed by atoms with Crippen molar-refractivity contribution < 1.29 is 4.74 Å². The summed E-state index contributed by atoms with van der Waals surface area (Å²) in [5.41, 5.74) is 3.56. The molecule has 0 spiro atoms. The van der Waals surface area contributed by atoms with Crippen molar-refractivity contribution in [2.24, 2.45) is 0 Å². The van der Waals surface area contributed by atoms with E-state index in [1.165, 1.54) is 11.3 Å². The second-order valence-corrected chi connectivity index (χ2v) is 6.56. The van der Waals surface area contributed by atoms with E-state index in [4.69, 9.17) is 9.84 Å². The normalized spacial score (nSPS) is 14.0. The Morgan fingerprint density at radius 2 is 1.93 bits per heavy atom. The summed E-state index contributed by atoms with van der Waals surface area (Å²) in [4.78, 5) is 10.8. The van der Waals surface area contributed by atoms with Crippen LogP contribution < -0.4 is 10.1 Å². The zero-order valence-corrected chi connectivity index (χ0v) is 15.5. The Balaban J connectivity index is 1.34. The van der Waals surface area contributed by atoms with Crippen molar-refractivity contribution >= 4 is 5.95 Å². The van der Waals surface area contributed by atoms with Gasteiger partial charge in [-0.2, -0.15) is 5.10 Å². The summed E-state index contributed by atoms with van der Waals surface area (Å²) in [5, 5.41) is 7.91. The molecule has 7 nitrogen and oxygen atoms in total. The summed E-state index contributed by atoms with van der Waals surface area (Å²) in [6.07, 6.45) is 3.46. The van der Waals surface area contributed by atoms with E-state index in [1.807, 2.05) is 19.1 Å². The lowest BCUT2D eigenvalue weighted by Crippen LogP contribution is -2.33. The van der Waals surface area contributed by atoms with E-state index in [0.717, 1.165) is 37.6 Å². The number of anilines is 1. The highest BCUT2D eigenvalue weighted by Crippen LogP contribution is 2.18. The Kier molecular flexibility index (Phi) is 5.29. The molecule has 1 N–H and O–H groups in total. The van der Waals surface area contributed by atoms with E-state index in [2.05, 4.69) is 43.1 Å². The first-order chi connectivity index (χ1) is 13.3. The summed E-state index contributed by atoms with van der Waals surface area (Å²) in [7, 11) is 0. The average Bonchev–Trinajstić information content (AvgIpc) is 3.11. The van der Waals surface area contributed by atoms with Crippen LogP contribution in [0.25, 0.3) is 0 Å². The zero-order chi connectivity index (χ0) is 18.5. The standard InChI is InChI=1S/C20H24N6O/c1-2-27-19-6-4-16(5-7-19)14-25-10-11-26-18(15-25)12-17(24-26)13-23-20-21-8-3-9-22-20/h3-9,12H,2,10-11,13-15H2,1H3,(H,21,22,23). The fraction of sp³-hybridized carbons (Fsp3) is 0.350. The number of benzene rings is 1. The first kappa shape index (κ1) is 17.5. The van der Waals surface area contributed by atoms with E-state index in [0.29, 0.717) is 19.1 Å². The molecule has 1 aliphatic heterocycles. The minimum Gasteiger partial charge on any atom is -0.494 e. The van der Waals surface area contributed by atoms with Gasteiger partial charge in [-0.05, 0) is 36.8 Å². The molecule has 140 valence electrons. The third-order valence-corrected chi connectivity index (χ3v) is 4.56. The molecule has 1 aromatic carbocycles. The van der Waals surface area contributed by atoms with Crippen LogP contribution in [-0.4, -0.2) is 37.8 Å². The molecule has 4 rings (SSSR count). The number of hydrogen-bond acceptors (Lipinski definition) is 6. The van der Waals surface area contributed by atoms with E-state index < -0.39 is 0 Å². The number of hydrogen-bond donors (Lipinski definition) is 1. The Bertz CT molecular complexity index is 862. The van der Waals surface area contributed by atoms with E-state index in [1.54, 1.807) is 18.5 Å². The van der Waals surface area contributed by atoms with Gasteiger partial charge in [-0.15, -0.1) is 0 Å². The van der Waals surface area contributed by atoms with Gasteiger partial charge in [0.2, 0.25) is 5.95 Å². The van der Waals surface area contributed by atoms with Crippen LogP contribution in [0, 0.1) is 0 Å². The fourth-order valence-electron chi connectivity index (χ4n) is 3.28. The van der Waals surface area contributed by atoms with Crippen molar-refractivity contribution in [1.82, 2.24) is 24.6 Å². The quantitative estimate of drug-likeness (QED) is 0.695. The minimum atomic E-state index is 0.626. The summed E-state index contributed by atoms with van der Waals surface area (Å²) in [5.74, 6) is 1.55. The fourth-order valence-corrected chi connectivity index (χ4v) is 3.28. The number of fused-ring (bicyclic) bond motifs is 1. The van der Waals surface area contributed by atoms with Gasteiger partial charge in [0.1, 0.15) is 5.75 Å². The van der Waals surface area contributed by atoms with Crippen LogP contribution >= 0.6 is 0 Å². The third-order valence-electron chi connectivity index (χ3n) is 4.56. The molecule has 1 aliphatic rings. The molecular weight excluding hydrogens is 340 g/mol. The maximum atomic E-state index is 5.51. The Hall–Kier alpha value is -2.93. The first-order valence-electron chi connectivity index (χ1n) is 9.31. The Morgan fingerprint density at radius 1 is 1.11 bits per heavy atom. The largest absolute Gasteiger partial charge is 0.494 e. The minimum absolute atomic E-state index is 0.626. The monoisotopic (exact) mass is 364 g/mol. The maximum Gasteiger partial charge on any atom is 0.222 e. The molecule has 3 heterocycles. The van der Waals surface area contributed by atoms with Gasteiger partial charge in [-0.1, -0.05) is 12.1 Å². The lowest BCUT2D eigenvalue weighted by atomic mass is 10.2. The number of rotatable bonds is 7. The van der Waals surface area contributed by atoms with Gasteiger partial charge in [0, 0.05) is 32.0 Å². The molecule has 0 unspecified atom stereocenters. The highest BCUT2D eigenvalue weighted by Gasteiger charge is 2.18. The van der Waals surface area contributed by atoms with E-state index in [9.17, 15) is 0 Å². The first-order valence-corrected chi connectivity index (χ1v) is 9.31. The van der Waals surface area contributed by atoms with Crippen molar-refractivity contribution in [3.63, 3.8) is 0 Å². The van der Waals surface area contributed by atoms with Crippen LogP contribution in [0.1, 0.15) is 23.9 Å². The molecule has 0 radical (unpaired) electrons. The molecule has 7 heteroatoms. The predicted octanol–water partition coefficient (Wildman–Crippen LogP) is 2.70.